The number of nitrogens with two attached hydrogens (primary N) is 2. The lowest BCUT2D eigenvalue weighted by atomic mass is 9.96. The maximum absolute atomic E-state index is 11.1. The van der Waals surface area contributed by atoms with E-state index in [1.54, 1.807) is 6.92 Å². The zero-order chi connectivity index (χ0) is 13.2. The molecule has 4 N–H and O–H groups in total. The fourth-order valence-electron chi connectivity index (χ4n) is 3.05. The Bertz CT molecular complexity index is 305. The molecule has 18 heavy (non-hydrogen) atoms. The molecule has 0 aromatic heterocycles. The van der Waals surface area contributed by atoms with Crippen molar-refractivity contribution in [3.63, 3.8) is 0 Å². The molecule has 5 heteroatoms. The first-order valence-corrected chi connectivity index (χ1v) is 7.04. The molecule has 1 amide bonds. The third-order valence-corrected chi connectivity index (χ3v) is 4.40. The van der Waals surface area contributed by atoms with Crippen LogP contribution in [0.5, 0.6) is 0 Å². The number of carbonyl (C=O) groups excluding carboxylic acids is 1. The fraction of sp³-hybridized carbons (Fsp3) is 0.923. The molecule has 2 fully saturated rings. The van der Waals surface area contributed by atoms with Gasteiger partial charge in [-0.1, -0.05) is 0 Å². The van der Waals surface area contributed by atoms with Gasteiger partial charge in [-0.3, -0.25) is 9.69 Å². The van der Waals surface area contributed by atoms with E-state index in [-0.39, 0.29) is 0 Å². The average molecular weight is 254 g/mol. The van der Waals surface area contributed by atoms with Gasteiger partial charge in [-0.2, -0.15) is 0 Å². The molecule has 0 bridgehead atoms. The summed E-state index contributed by atoms with van der Waals surface area (Å²) in [6, 6.07) is 0.763. The molecule has 0 aromatic rings. The van der Waals surface area contributed by atoms with E-state index in [2.05, 4.69) is 9.80 Å². The lowest BCUT2D eigenvalue weighted by Crippen LogP contribution is -2.51. The number of hydrogen-bond donors (Lipinski definition) is 2. The fourth-order valence-corrected chi connectivity index (χ4v) is 3.05. The van der Waals surface area contributed by atoms with Crippen molar-refractivity contribution in [2.24, 2.45) is 11.5 Å². The van der Waals surface area contributed by atoms with Crippen molar-refractivity contribution in [1.82, 2.24) is 9.80 Å². The van der Waals surface area contributed by atoms with Gasteiger partial charge in [-0.05, 0) is 45.7 Å². The van der Waals surface area contributed by atoms with Gasteiger partial charge >= 0.3 is 0 Å². The molecule has 0 radical (unpaired) electrons. The van der Waals surface area contributed by atoms with Crippen LogP contribution in [-0.4, -0.2) is 60.0 Å². The van der Waals surface area contributed by atoms with Gasteiger partial charge in [-0.15, -0.1) is 0 Å². The van der Waals surface area contributed by atoms with Gasteiger partial charge in [0.1, 0.15) is 0 Å². The molecule has 0 spiro atoms. The summed E-state index contributed by atoms with van der Waals surface area (Å²) >= 11 is 0. The summed E-state index contributed by atoms with van der Waals surface area (Å²) in [6.45, 7) is 7.56. The first-order chi connectivity index (χ1) is 8.49. The molecule has 2 atom stereocenters. The smallest absolute Gasteiger partial charge is 0.237 e. The van der Waals surface area contributed by atoms with Crippen molar-refractivity contribution in [2.45, 2.75) is 44.2 Å². The second-order valence-corrected chi connectivity index (χ2v) is 6.02. The standard InChI is InChI=1S/C13H26N4O/c1-13(15,12(14)18)5-3-6-16-8-9-17-7-2-4-11(17)10-16/h11H,2-10,15H2,1H3,(H2,14,18). The Hall–Kier alpha value is -0.650. The quantitative estimate of drug-likeness (QED) is 0.709. The Morgan fingerprint density at radius 1 is 1.39 bits per heavy atom. The second kappa shape index (κ2) is 5.55. The van der Waals surface area contributed by atoms with Crippen LogP contribution in [-0.2, 0) is 4.79 Å². The Morgan fingerprint density at radius 2 is 2.17 bits per heavy atom. The van der Waals surface area contributed by atoms with Crippen molar-refractivity contribution < 1.29 is 4.79 Å². The molecule has 2 rings (SSSR count). The van der Waals surface area contributed by atoms with E-state index < -0.39 is 11.4 Å². The summed E-state index contributed by atoms with van der Waals surface area (Å²) < 4.78 is 0. The molecular weight excluding hydrogens is 228 g/mol. The molecule has 2 heterocycles. The topological polar surface area (TPSA) is 75.6 Å². The van der Waals surface area contributed by atoms with Crippen LogP contribution in [0, 0.1) is 0 Å². The lowest BCUT2D eigenvalue weighted by Gasteiger charge is -2.37. The summed E-state index contributed by atoms with van der Waals surface area (Å²) in [7, 11) is 0. The van der Waals surface area contributed by atoms with Gasteiger partial charge in [0.25, 0.3) is 0 Å². The van der Waals surface area contributed by atoms with E-state index in [0.717, 1.165) is 25.6 Å². The molecule has 0 saturated carbocycles. The highest BCUT2D eigenvalue weighted by molar-refractivity contribution is 5.83. The van der Waals surface area contributed by atoms with Crippen LogP contribution in [0.2, 0.25) is 0 Å². The van der Waals surface area contributed by atoms with E-state index in [0.29, 0.717) is 6.42 Å². The molecule has 2 unspecified atom stereocenters. The Morgan fingerprint density at radius 3 is 2.89 bits per heavy atom. The zero-order valence-corrected chi connectivity index (χ0v) is 11.4. The summed E-state index contributed by atoms with van der Waals surface area (Å²) in [5.41, 5.74) is 10.3. The molecular formula is C13H26N4O. The number of amides is 1. The van der Waals surface area contributed by atoms with Crippen LogP contribution in [0.4, 0.5) is 0 Å². The highest BCUT2D eigenvalue weighted by Gasteiger charge is 2.31. The third kappa shape index (κ3) is 3.22. The van der Waals surface area contributed by atoms with Crippen molar-refractivity contribution in [2.75, 3.05) is 32.7 Å². The van der Waals surface area contributed by atoms with Gasteiger partial charge in [0, 0.05) is 25.7 Å². The van der Waals surface area contributed by atoms with E-state index >= 15 is 0 Å². The monoisotopic (exact) mass is 254 g/mol. The minimum atomic E-state index is -0.852. The normalized spacial score (nSPS) is 28.9. The van der Waals surface area contributed by atoms with Gasteiger partial charge < -0.3 is 16.4 Å². The number of nitrogens with zero attached hydrogens (tertiary/aromatic N) is 2. The summed E-state index contributed by atoms with van der Waals surface area (Å²) in [5.74, 6) is -0.400. The van der Waals surface area contributed by atoms with Gasteiger partial charge in [-0.25, -0.2) is 0 Å². The van der Waals surface area contributed by atoms with Crippen LogP contribution in [0.25, 0.3) is 0 Å². The minimum absolute atomic E-state index is 0.400. The van der Waals surface area contributed by atoms with Crippen molar-refractivity contribution in [3.05, 3.63) is 0 Å². The molecule has 2 aliphatic rings. The van der Waals surface area contributed by atoms with E-state index in [1.807, 2.05) is 0 Å². The van der Waals surface area contributed by atoms with E-state index in [4.69, 9.17) is 11.5 Å². The largest absolute Gasteiger partial charge is 0.368 e. The van der Waals surface area contributed by atoms with Crippen molar-refractivity contribution >= 4 is 5.91 Å². The SMILES string of the molecule is CC(N)(CCCN1CCN2CCCC2C1)C(N)=O. The van der Waals surface area contributed by atoms with Gasteiger partial charge in [0.2, 0.25) is 5.91 Å². The van der Waals surface area contributed by atoms with Crippen LogP contribution in [0.15, 0.2) is 0 Å². The van der Waals surface area contributed by atoms with Crippen LogP contribution in [0.1, 0.15) is 32.6 Å². The maximum Gasteiger partial charge on any atom is 0.237 e. The molecule has 5 nitrogen and oxygen atoms in total. The number of primary amides is 1. The average Bonchev–Trinajstić information content (AvgIpc) is 2.75. The number of hydrogen-bond acceptors (Lipinski definition) is 4. The molecule has 0 aromatic carbocycles. The van der Waals surface area contributed by atoms with Crippen LogP contribution in [0.3, 0.4) is 0 Å². The second-order valence-electron chi connectivity index (χ2n) is 6.02. The van der Waals surface area contributed by atoms with E-state index in [9.17, 15) is 4.79 Å². The van der Waals surface area contributed by atoms with Crippen LogP contribution < -0.4 is 11.5 Å². The Labute approximate surface area is 109 Å². The third-order valence-electron chi connectivity index (χ3n) is 4.40. The van der Waals surface area contributed by atoms with Gasteiger partial charge in [0.15, 0.2) is 0 Å². The summed E-state index contributed by atoms with van der Waals surface area (Å²) in [6.07, 6.45) is 4.31. The highest BCUT2D eigenvalue weighted by atomic mass is 16.1. The number of piperazine rings is 1. The first kappa shape index (κ1) is 13.8. The van der Waals surface area contributed by atoms with E-state index in [1.165, 1.54) is 32.5 Å². The Kier molecular flexibility index (Phi) is 4.25. The summed E-state index contributed by atoms with van der Waals surface area (Å²) in [5, 5.41) is 0. The molecule has 2 aliphatic heterocycles. The predicted octanol–water partition coefficient (Wildman–Crippen LogP) is -0.251. The van der Waals surface area contributed by atoms with Crippen molar-refractivity contribution in [3.8, 4) is 0 Å². The summed E-state index contributed by atoms with van der Waals surface area (Å²) in [4.78, 5) is 16.2. The number of carbonyl (C=O) groups is 1. The Balaban J connectivity index is 1.70. The molecule has 2 saturated heterocycles. The number of rotatable bonds is 5. The van der Waals surface area contributed by atoms with Gasteiger partial charge in [0.05, 0.1) is 5.54 Å². The maximum atomic E-state index is 11.1. The number of fused-ring (bicyclic) bond motifs is 1. The van der Waals surface area contributed by atoms with Crippen molar-refractivity contribution in [1.29, 1.82) is 0 Å². The highest BCUT2D eigenvalue weighted by Crippen LogP contribution is 2.21. The first-order valence-electron chi connectivity index (χ1n) is 7.04. The lowest BCUT2D eigenvalue weighted by molar-refractivity contribution is -0.122. The predicted molar refractivity (Wildman–Crippen MR) is 72.1 cm³/mol. The molecule has 104 valence electrons. The van der Waals surface area contributed by atoms with Crippen LogP contribution >= 0.6 is 0 Å². The minimum Gasteiger partial charge on any atom is -0.368 e. The zero-order valence-electron chi connectivity index (χ0n) is 11.4. The molecule has 0 aliphatic carbocycles.